The summed E-state index contributed by atoms with van der Waals surface area (Å²) in [6.45, 7) is 0.292. The molecule has 1 aliphatic rings. The van der Waals surface area contributed by atoms with Crippen molar-refractivity contribution in [2.75, 3.05) is 17.2 Å². The first-order valence-electron chi connectivity index (χ1n) is 6.78. The van der Waals surface area contributed by atoms with Crippen molar-refractivity contribution in [1.82, 2.24) is 5.32 Å². The van der Waals surface area contributed by atoms with E-state index in [0.29, 0.717) is 30.8 Å². The summed E-state index contributed by atoms with van der Waals surface area (Å²) in [5.74, 6) is -0.736. The molecule has 1 fully saturated rings. The topological polar surface area (TPSA) is 113 Å². The van der Waals surface area contributed by atoms with E-state index >= 15 is 0 Å². The molecule has 1 saturated heterocycles. The molecule has 1 aromatic carbocycles. The molecule has 7 heteroatoms. The van der Waals surface area contributed by atoms with Crippen molar-refractivity contribution in [1.29, 1.82) is 0 Å². The Kier molecular flexibility index (Phi) is 4.89. The summed E-state index contributed by atoms with van der Waals surface area (Å²) in [4.78, 5) is 34.3. The van der Waals surface area contributed by atoms with Crippen LogP contribution in [0.3, 0.4) is 0 Å². The Balaban J connectivity index is 1.99. The SMILES string of the molecule is NCCC(=O)Nc1cccc(NC2CCC(=O)NC2=O)c1. The zero-order valence-corrected chi connectivity index (χ0v) is 11.5. The number of nitrogens with one attached hydrogen (secondary N) is 3. The minimum absolute atomic E-state index is 0.157. The highest BCUT2D eigenvalue weighted by atomic mass is 16.2. The van der Waals surface area contributed by atoms with Gasteiger partial charge in [-0.15, -0.1) is 0 Å². The summed E-state index contributed by atoms with van der Waals surface area (Å²) in [6.07, 6.45) is 1.02. The van der Waals surface area contributed by atoms with Crippen molar-refractivity contribution < 1.29 is 14.4 Å². The smallest absolute Gasteiger partial charge is 0.249 e. The second kappa shape index (κ2) is 6.85. The molecule has 1 heterocycles. The Bertz CT molecular complexity index is 559. The lowest BCUT2D eigenvalue weighted by Crippen LogP contribution is -2.47. The molecule has 5 N–H and O–H groups in total. The van der Waals surface area contributed by atoms with Crippen LogP contribution in [0, 0.1) is 0 Å². The highest BCUT2D eigenvalue weighted by Gasteiger charge is 2.26. The van der Waals surface area contributed by atoms with Gasteiger partial charge < -0.3 is 16.4 Å². The van der Waals surface area contributed by atoms with Crippen LogP contribution in [-0.2, 0) is 14.4 Å². The minimum Gasteiger partial charge on any atom is -0.374 e. The van der Waals surface area contributed by atoms with E-state index in [9.17, 15) is 14.4 Å². The van der Waals surface area contributed by atoms with Crippen molar-refractivity contribution >= 4 is 29.1 Å². The third-order valence-corrected chi connectivity index (χ3v) is 3.10. The second-order valence-corrected chi connectivity index (χ2v) is 4.82. The number of rotatable bonds is 5. The predicted octanol–water partition coefficient (Wildman–Crippen LogP) is 0.191. The third kappa shape index (κ3) is 4.28. The Hall–Kier alpha value is -2.41. The van der Waals surface area contributed by atoms with Crippen LogP contribution in [0.5, 0.6) is 0 Å². The van der Waals surface area contributed by atoms with E-state index in [1.54, 1.807) is 24.3 Å². The lowest BCUT2D eigenvalue weighted by Gasteiger charge is -2.23. The summed E-state index contributed by atoms with van der Waals surface area (Å²) >= 11 is 0. The van der Waals surface area contributed by atoms with E-state index in [2.05, 4.69) is 16.0 Å². The highest BCUT2D eigenvalue weighted by Crippen LogP contribution is 2.18. The molecule has 0 bridgehead atoms. The zero-order chi connectivity index (χ0) is 15.2. The molecule has 21 heavy (non-hydrogen) atoms. The van der Waals surface area contributed by atoms with Crippen molar-refractivity contribution in [2.24, 2.45) is 5.73 Å². The average molecular weight is 290 g/mol. The number of benzene rings is 1. The molecule has 1 unspecified atom stereocenters. The Labute approximate surface area is 122 Å². The van der Waals surface area contributed by atoms with Gasteiger partial charge in [-0.2, -0.15) is 0 Å². The molecule has 0 aromatic heterocycles. The quantitative estimate of drug-likeness (QED) is 0.578. The highest BCUT2D eigenvalue weighted by molar-refractivity contribution is 6.01. The number of carbonyl (C=O) groups excluding carboxylic acids is 3. The summed E-state index contributed by atoms with van der Waals surface area (Å²) in [5.41, 5.74) is 6.65. The predicted molar refractivity (Wildman–Crippen MR) is 78.5 cm³/mol. The fourth-order valence-corrected chi connectivity index (χ4v) is 2.07. The van der Waals surface area contributed by atoms with Gasteiger partial charge in [0.1, 0.15) is 6.04 Å². The first-order chi connectivity index (χ1) is 10.1. The maximum absolute atomic E-state index is 11.7. The van der Waals surface area contributed by atoms with Gasteiger partial charge in [0.25, 0.3) is 0 Å². The van der Waals surface area contributed by atoms with Crippen molar-refractivity contribution in [3.05, 3.63) is 24.3 Å². The minimum atomic E-state index is -0.447. The van der Waals surface area contributed by atoms with Crippen molar-refractivity contribution in [3.8, 4) is 0 Å². The molecule has 1 atom stereocenters. The maximum atomic E-state index is 11.7. The van der Waals surface area contributed by atoms with Crippen LogP contribution in [0.15, 0.2) is 24.3 Å². The molecular formula is C14H18N4O3. The van der Waals surface area contributed by atoms with Gasteiger partial charge in [-0.25, -0.2) is 0 Å². The van der Waals surface area contributed by atoms with Crippen LogP contribution in [0.25, 0.3) is 0 Å². The van der Waals surface area contributed by atoms with Gasteiger partial charge in [0.05, 0.1) is 0 Å². The lowest BCUT2D eigenvalue weighted by molar-refractivity contribution is -0.133. The average Bonchev–Trinajstić information content (AvgIpc) is 2.42. The van der Waals surface area contributed by atoms with Crippen LogP contribution in [-0.4, -0.2) is 30.3 Å². The number of amides is 3. The van der Waals surface area contributed by atoms with E-state index in [4.69, 9.17) is 5.73 Å². The monoisotopic (exact) mass is 290 g/mol. The van der Waals surface area contributed by atoms with Gasteiger partial charge in [-0.05, 0) is 24.6 Å². The van der Waals surface area contributed by atoms with E-state index in [1.807, 2.05) is 0 Å². The molecule has 2 rings (SSSR count). The van der Waals surface area contributed by atoms with Crippen LogP contribution in [0.4, 0.5) is 11.4 Å². The van der Waals surface area contributed by atoms with Gasteiger partial charge in [0, 0.05) is 30.8 Å². The van der Waals surface area contributed by atoms with Crippen LogP contribution in [0.2, 0.25) is 0 Å². The number of carbonyl (C=O) groups is 3. The number of hydrogen-bond acceptors (Lipinski definition) is 5. The third-order valence-electron chi connectivity index (χ3n) is 3.10. The Morgan fingerprint density at radius 1 is 1.33 bits per heavy atom. The maximum Gasteiger partial charge on any atom is 0.249 e. The molecular weight excluding hydrogens is 272 g/mol. The molecule has 0 radical (unpaired) electrons. The first kappa shape index (κ1) is 15.0. The molecule has 0 spiro atoms. The molecule has 1 aliphatic heterocycles. The van der Waals surface area contributed by atoms with Crippen LogP contribution < -0.4 is 21.7 Å². The fraction of sp³-hybridized carbons (Fsp3) is 0.357. The summed E-state index contributed by atoms with van der Waals surface area (Å²) in [7, 11) is 0. The number of piperidine rings is 1. The summed E-state index contributed by atoms with van der Waals surface area (Å²) in [5, 5.41) is 8.07. The van der Waals surface area contributed by atoms with Crippen molar-refractivity contribution in [3.63, 3.8) is 0 Å². The van der Waals surface area contributed by atoms with E-state index < -0.39 is 6.04 Å². The van der Waals surface area contributed by atoms with E-state index in [1.165, 1.54) is 0 Å². The molecule has 0 aliphatic carbocycles. The Morgan fingerprint density at radius 3 is 2.81 bits per heavy atom. The molecule has 1 aromatic rings. The van der Waals surface area contributed by atoms with Crippen LogP contribution >= 0.6 is 0 Å². The molecule has 0 saturated carbocycles. The molecule has 7 nitrogen and oxygen atoms in total. The number of anilines is 2. The summed E-state index contributed by atoms with van der Waals surface area (Å²) < 4.78 is 0. The fourth-order valence-electron chi connectivity index (χ4n) is 2.07. The van der Waals surface area contributed by atoms with Gasteiger partial charge in [-0.1, -0.05) is 6.07 Å². The van der Waals surface area contributed by atoms with E-state index in [0.717, 1.165) is 0 Å². The molecule has 3 amide bonds. The number of nitrogens with two attached hydrogens (primary N) is 1. The Morgan fingerprint density at radius 2 is 2.10 bits per heavy atom. The standard InChI is InChI=1S/C14H18N4O3/c15-7-6-13(20)17-10-3-1-2-9(8-10)16-11-4-5-12(19)18-14(11)21/h1-3,8,11,16H,4-7,15H2,(H,17,20)(H,18,19,21). The van der Waals surface area contributed by atoms with Gasteiger partial charge >= 0.3 is 0 Å². The number of hydrogen-bond donors (Lipinski definition) is 4. The van der Waals surface area contributed by atoms with Gasteiger partial charge in [-0.3, -0.25) is 19.7 Å². The largest absolute Gasteiger partial charge is 0.374 e. The molecule has 112 valence electrons. The first-order valence-corrected chi connectivity index (χ1v) is 6.78. The number of imide groups is 1. The zero-order valence-electron chi connectivity index (χ0n) is 11.5. The normalized spacial score (nSPS) is 18.0. The van der Waals surface area contributed by atoms with Gasteiger partial charge in [0.15, 0.2) is 0 Å². The van der Waals surface area contributed by atoms with Gasteiger partial charge in [0.2, 0.25) is 17.7 Å². The summed E-state index contributed by atoms with van der Waals surface area (Å²) in [6, 6.07) is 6.61. The van der Waals surface area contributed by atoms with Crippen molar-refractivity contribution in [2.45, 2.75) is 25.3 Å². The second-order valence-electron chi connectivity index (χ2n) is 4.82. The lowest BCUT2D eigenvalue weighted by atomic mass is 10.1. The van der Waals surface area contributed by atoms with E-state index in [-0.39, 0.29) is 24.1 Å². The van der Waals surface area contributed by atoms with Crippen LogP contribution in [0.1, 0.15) is 19.3 Å².